The number of rotatable bonds is 9. The highest BCUT2D eigenvalue weighted by atomic mass is 16.5. The Labute approximate surface area is 101 Å². The molecule has 0 aromatic heterocycles. The smallest absolute Gasteiger partial charge is 0.0779 e. The van der Waals surface area contributed by atoms with Crippen LogP contribution in [0.5, 0.6) is 0 Å². The Kier molecular flexibility index (Phi) is 7.06. The van der Waals surface area contributed by atoms with Crippen molar-refractivity contribution in [2.24, 2.45) is 0 Å². The van der Waals surface area contributed by atoms with E-state index in [0.29, 0.717) is 0 Å². The van der Waals surface area contributed by atoms with Crippen molar-refractivity contribution in [2.45, 2.75) is 70.8 Å². The summed E-state index contributed by atoms with van der Waals surface area (Å²) in [6, 6.07) is 0. The van der Waals surface area contributed by atoms with E-state index < -0.39 is 0 Å². The van der Waals surface area contributed by atoms with Crippen molar-refractivity contribution >= 4 is 0 Å². The average Bonchev–Trinajstić information content (AvgIpc) is 2.70. The molecule has 1 saturated heterocycles. The molecular weight excluding hydrogens is 198 g/mol. The molecule has 0 amide bonds. The number of nitrogens with one attached hydrogen (secondary N) is 1. The highest BCUT2D eigenvalue weighted by Gasteiger charge is 2.28. The van der Waals surface area contributed by atoms with Crippen LogP contribution in [0.1, 0.15) is 65.2 Å². The highest BCUT2D eigenvalue weighted by molar-refractivity contribution is 4.82. The molecule has 96 valence electrons. The normalized spacial score (nSPS) is 25.1. The fourth-order valence-corrected chi connectivity index (χ4v) is 2.36. The minimum atomic E-state index is 0.127. The van der Waals surface area contributed by atoms with Gasteiger partial charge < -0.3 is 10.1 Å². The Hall–Kier alpha value is -0.0800. The maximum atomic E-state index is 5.74. The zero-order valence-electron chi connectivity index (χ0n) is 11.2. The van der Waals surface area contributed by atoms with Gasteiger partial charge in [0.05, 0.1) is 5.60 Å². The van der Waals surface area contributed by atoms with Gasteiger partial charge in [-0.1, -0.05) is 39.0 Å². The molecule has 2 nitrogen and oxygen atoms in total. The predicted octanol–water partition coefficient (Wildman–Crippen LogP) is 3.51. The number of unbranched alkanes of at least 4 members (excludes halogenated alkanes) is 5. The zero-order valence-corrected chi connectivity index (χ0v) is 11.2. The number of hydrogen-bond acceptors (Lipinski definition) is 2. The van der Waals surface area contributed by atoms with Gasteiger partial charge in [-0.2, -0.15) is 0 Å². The van der Waals surface area contributed by atoms with Crippen LogP contribution in [0.3, 0.4) is 0 Å². The fourth-order valence-electron chi connectivity index (χ4n) is 2.36. The molecule has 1 rings (SSSR count). The minimum Gasteiger partial charge on any atom is -0.374 e. The van der Waals surface area contributed by atoms with Crippen molar-refractivity contribution in [2.75, 3.05) is 19.7 Å². The largest absolute Gasteiger partial charge is 0.374 e. The molecule has 1 atom stereocenters. The Balaban J connectivity index is 1.84. The molecule has 1 aliphatic heterocycles. The lowest BCUT2D eigenvalue weighted by Crippen LogP contribution is -2.37. The second-order valence-corrected chi connectivity index (χ2v) is 5.35. The Bertz CT molecular complexity index is 164. The number of ether oxygens (including phenoxy) is 1. The van der Waals surface area contributed by atoms with E-state index in [0.717, 1.165) is 19.7 Å². The Morgan fingerprint density at radius 2 is 1.88 bits per heavy atom. The van der Waals surface area contributed by atoms with Gasteiger partial charge in [0.15, 0.2) is 0 Å². The van der Waals surface area contributed by atoms with Crippen LogP contribution in [0.4, 0.5) is 0 Å². The van der Waals surface area contributed by atoms with Crippen LogP contribution in [0.2, 0.25) is 0 Å². The lowest BCUT2D eigenvalue weighted by molar-refractivity contribution is 0.0210. The van der Waals surface area contributed by atoms with Crippen LogP contribution >= 0.6 is 0 Å². The molecule has 0 saturated carbocycles. The Morgan fingerprint density at radius 1 is 1.12 bits per heavy atom. The second-order valence-electron chi connectivity index (χ2n) is 5.35. The van der Waals surface area contributed by atoms with Gasteiger partial charge in [0.25, 0.3) is 0 Å². The first-order valence-corrected chi connectivity index (χ1v) is 7.11. The maximum absolute atomic E-state index is 5.74. The monoisotopic (exact) mass is 227 g/mol. The molecule has 1 heterocycles. The molecule has 0 spiro atoms. The predicted molar refractivity (Wildman–Crippen MR) is 69.8 cm³/mol. The molecule has 0 aromatic rings. The fraction of sp³-hybridized carbons (Fsp3) is 1.00. The summed E-state index contributed by atoms with van der Waals surface area (Å²) in [6.45, 7) is 7.64. The van der Waals surface area contributed by atoms with Gasteiger partial charge in [-0.15, -0.1) is 0 Å². The molecule has 0 radical (unpaired) electrons. The van der Waals surface area contributed by atoms with Gasteiger partial charge in [-0.25, -0.2) is 0 Å². The summed E-state index contributed by atoms with van der Waals surface area (Å²) in [6.07, 6.45) is 10.7. The van der Waals surface area contributed by atoms with Crippen LogP contribution < -0.4 is 5.32 Å². The second kappa shape index (κ2) is 8.08. The van der Waals surface area contributed by atoms with E-state index in [1.807, 2.05) is 0 Å². The molecule has 1 N–H and O–H groups in total. The Morgan fingerprint density at radius 3 is 2.56 bits per heavy atom. The first-order valence-electron chi connectivity index (χ1n) is 7.11. The van der Waals surface area contributed by atoms with Gasteiger partial charge >= 0.3 is 0 Å². The van der Waals surface area contributed by atoms with Crippen LogP contribution in [-0.4, -0.2) is 25.3 Å². The summed E-state index contributed by atoms with van der Waals surface area (Å²) in [5.74, 6) is 0. The van der Waals surface area contributed by atoms with Crippen molar-refractivity contribution in [1.29, 1.82) is 0 Å². The molecule has 0 aromatic carbocycles. The van der Waals surface area contributed by atoms with Crippen LogP contribution in [0.25, 0.3) is 0 Å². The molecule has 1 fully saturated rings. The number of hydrogen-bond donors (Lipinski definition) is 1. The standard InChI is InChI=1S/C14H29NO/c1-3-4-5-6-7-8-11-15-13-14(2)10-9-12-16-14/h15H,3-13H2,1-2H3. The summed E-state index contributed by atoms with van der Waals surface area (Å²) < 4.78 is 5.74. The van der Waals surface area contributed by atoms with E-state index in [4.69, 9.17) is 4.74 Å². The summed E-state index contributed by atoms with van der Waals surface area (Å²) in [7, 11) is 0. The topological polar surface area (TPSA) is 21.3 Å². The molecule has 16 heavy (non-hydrogen) atoms. The van der Waals surface area contributed by atoms with Gasteiger partial charge in [0, 0.05) is 13.2 Å². The van der Waals surface area contributed by atoms with Crippen molar-refractivity contribution in [3.8, 4) is 0 Å². The van der Waals surface area contributed by atoms with E-state index in [1.165, 1.54) is 51.4 Å². The molecular formula is C14H29NO. The van der Waals surface area contributed by atoms with Gasteiger partial charge in [-0.3, -0.25) is 0 Å². The first kappa shape index (κ1) is 14.0. The van der Waals surface area contributed by atoms with Gasteiger partial charge in [0.1, 0.15) is 0 Å². The average molecular weight is 227 g/mol. The summed E-state index contributed by atoms with van der Waals surface area (Å²) >= 11 is 0. The lowest BCUT2D eigenvalue weighted by Gasteiger charge is -2.23. The van der Waals surface area contributed by atoms with E-state index in [2.05, 4.69) is 19.2 Å². The lowest BCUT2D eigenvalue weighted by atomic mass is 10.0. The van der Waals surface area contributed by atoms with Gasteiger partial charge in [0.2, 0.25) is 0 Å². The van der Waals surface area contributed by atoms with E-state index in [9.17, 15) is 0 Å². The summed E-state index contributed by atoms with van der Waals surface area (Å²) in [5.41, 5.74) is 0.127. The molecule has 2 heteroatoms. The van der Waals surface area contributed by atoms with Crippen LogP contribution in [-0.2, 0) is 4.74 Å². The highest BCUT2D eigenvalue weighted by Crippen LogP contribution is 2.23. The minimum absolute atomic E-state index is 0.127. The molecule has 0 aliphatic carbocycles. The molecule has 1 unspecified atom stereocenters. The zero-order chi connectivity index (χ0) is 11.7. The van der Waals surface area contributed by atoms with Crippen molar-refractivity contribution in [3.63, 3.8) is 0 Å². The van der Waals surface area contributed by atoms with Crippen LogP contribution in [0, 0.1) is 0 Å². The van der Waals surface area contributed by atoms with Crippen LogP contribution in [0.15, 0.2) is 0 Å². The summed E-state index contributed by atoms with van der Waals surface area (Å²) in [4.78, 5) is 0. The van der Waals surface area contributed by atoms with E-state index in [1.54, 1.807) is 0 Å². The molecule has 0 bridgehead atoms. The quantitative estimate of drug-likeness (QED) is 0.609. The third-order valence-electron chi connectivity index (χ3n) is 3.51. The van der Waals surface area contributed by atoms with Crippen molar-refractivity contribution in [3.05, 3.63) is 0 Å². The van der Waals surface area contributed by atoms with E-state index >= 15 is 0 Å². The third-order valence-corrected chi connectivity index (χ3v) is 3.51. The first-order chi connectivity index (χ1) is 7.77. The molecule has 1 aliphatic rings. The van der Waals surface area contributed by atoms with Crippen molar-refractivity contribution < 1.29 is 4.74 Å². The third kappa shape index (κ3) is 5.86. The van der Waals surface area contributed by atoms with E-state index in [-0.39, 0.29) is 5.60 Å². The SMILES string of the molecule is CCCCCCCCNCC1(C)CCCO1. The summed E-state index contributed by atoms with van der Waals surface area (Å²) in [5, 5.41) is 3.53. The maximum Gasteiger partial charge on any atom is 0.0779 e. The van der Waals surface area contributed by atoms with Crippen molar-refractivity contribution in [1.82, 2.24) is 5.32 Å². The van der Waals surface area contributed by atoms with Gasteiger partial charge in [-0.05, 0) is 32.7 Å².